The summed E-state index contributed by atoms with van der Waals surface area (Å²) in [5, 5.41) is 2.38. The molecule has 0 unspecified atom stereocenters. The van der Waals surface area contributed by atoms with Crippen molar-refractivity contribution in [2.45, 2.75) is 40.0 Å². The van der Waals surface area contributed by atoms with Gasteiger partial charge in [-0.2, -0.15) is 4.57 Å². The first-order valence-corrected chi connectivity index (χ1v) is 16.5. The van der Waals surface area contributed by atoms with Crippen molar-refractivity contribution in [1.82, 2.24) is 14.1 Å². The van der Waals surface area contributed by atoms with Gasteiger partial charge in [0, 0.05) is 29.1 Å². The van der Waals surface area contributed by atoms with E-state index in [1.165, 1.54) is 38.5 Å². The molecular formula is C43H39IN4O. The van der Waals surface area contributed by atoms with Gasteiger partial charge in [0.1, 0.15) is 23.0 Å². The molecule has 8 aromatic rings. The van der Waals surface area contributed by atoms with Gasteiger partial charge in [-0.15, -0.1) is 0 Å². The second-order valence-corrected chi connectivity index (χ2v) is 13.8. The largest absolute Gasteiger partial charge is 1.00 e. The number of hydrogen-bond donors (Lipinski definition) is 0. The van der Waals surface area contributed by atoms with Crippen LogP contribution in [0.15, 0.2) is 128 Å². The van der Waals surface area contributed by atoms with Crippen LogP contribution in [0.25, 0.3) is 55.5 Å². The standard InChI is InChI=1S/C43H39N4O.HI/c1-28-13-11-14-29(2)41(28)35-25-33(48-32-16-12-15-31(24-32)46-27-45(6)37-19-9-10-20-38(37)46)26-39-42(35)34-17-7-8-18-36(34)47(39)40-23-30(21-22-44-40)43(3,4)5;/h7-27H,1-6H3;1H/q+1;/p-1. The zero-order valence-electron chi connectivity index (χ0n) is 28.7. The van der Waals surface area contributed by atoms with E-state index in [9.17, 15) is 0 Å². The summed E-state index contributed by atoms with van der Waals surface area (Å²) >= 11 is 0. The number of fused-ring (bicyclic) bond motifs is 4. The Morgan fingerprint density at radius 1 is 0.694 bits per heavy atom. The van der Waals surface area contributed by atoms with Crippen LogP contribution in [0.1, 0.15) is 37.5 Å². The molecule has 0 spiro atoms. The summed E-state index contributed by atoms with van der Waals surface area (Å²) in [5.74, 6) is 2.44. The number of aryl methyl sites for hydroxylation is 3. The Hall–Kier alpha value is -4.95. The second-order valence-electron chi connectivity index (χ2n) is 13.8. The van der Waals surface area contributed by atoms with Crippen LogP contribution >= 0.6 is 0 Å². The fourth-order valence-corrected chi connectivity index (χ4v) is 7.12. The third-order valence-corrected chi connectivity index (χ3v) is 9.48. The molecule has 0 atom stereocenters. The van der Waals surface area contributed by atoms with Crippen molar-refractivity contribution in [3.63, 3.8) is 0 Å². The molecule has 5 aromatic carbocycles. The maximum absolute atomic E-state index is 6.82. The van der Waals surface area contributed by atoms with E-state index in [0.29, 0.717) is 0 Å². The van der Waals surface area contributed by atoms with Gasteiger partial charge in [0.05, 0.1) is 18.1 Å². The van der Waals surface area contributed by atoms with E-state index < -0.39 is 0 Å². The average molecular weight is 755 g/mol. The smallest absolute Gasteiger partial charge is 0.249 e. The highest BCUT2D eigenvalue weighted by Crippen LogP contribution is 2.44. The SMILES string of the molecule is Cc1cccc(C)c1-c1cc(Oc2cccc(-n3c[n+](C)c4ccccc43)c2)cc2c1c1ccccc1n2-c1cc(C(C)(C)C)ccn1.[I-]. The molecule has 0 aliphatic heterocycles. The monoisotopic (exact) mass is 754 g/mol. The first-order chi connectivity index (χ1) is 23.2. The number of pyridine rings is 1. The molecule has 244 valence electrons. The normalized spacial score (nSPS) is 11.7. The zero-order chi connectivity index (χ0) is 33.2. The number of hydrogen-bond acceptors (Lipinski definition) is 2. The predicted octanol–water partition coefficient (Wildman–Crippen LogP) is 7.32. The van der Waals surface area contributed by atoms with Gasteiger partial charge in [0.25, 0.3) is 0 Å². The van der Waals surface area contributed by atoms with Gasteiger partial charge in [-0.05, 0) is 95.6 Å². The van der Waals surface area contributed by atoms with E-state index in [1.54, 1.807) is 0 Å². The molecule has 0 aliphatic carbocycles. The fraction of sp³-hybridized carbons (Fsp3) is 0.163. The minimum Gasteiger partial charge on any atom is -1.00 e. The molecule has 0 saturated carbocycles. The molecular weight excluding hydrogens is 715 g/mol. The van der Waals surface area contributed by atoms with Gasteiger partial charge in [0.15, 0.2) is 11.0 Å². The number of benzene rings is 5. The molecule has 8 rings (SSSR count). The highest BCUT2D eigenvalue weighted by atomic mass is 127. The van der Waals surface area contributed by atoms with Crippen LogP contribution in [0, 0.1) is 13.8 Å². The summed E-state index contributed by atoms with van der Waals surface area (Å²) in [4.78, 5) is 4.94. The Labute approximate surface area is 304 Å². The van der Waals surface area contributed by atoms with Gasteiger partial charge in [-0.25, -0.2) is 9.55 Å². The number of para-hydroxylation sites is 3. The Morgan fingerprint density at radius 3 is 2.18 bits per heavy atom. The van der Waals surface area contributed by atoms with Crippen molar-refractivity contribution in [2.24, 2.45) is 7.05 Å². The number of aromatic nitrogens is 4. The molecule has 0 amide bonds. The van der Waals surface area contributed by atoms with E-state index >= 15 is 0 Å². The van der Waals surface area contributed by atoms with Crippen LogP contribution < -0.4 is 33.3 Å². The van der Waals surface area contributed by atoms with Crippen molar-refractivity contribution in [2.75, 3.05) is 0 Å². The van der Waals surface area contributed by atoms with Gasteiger partial charge < -0.3 is 28.7 Å². The molecule has 0 saturated heterocycles. The van der Waals surface area contributed by atoms with Crippen molar-refractivity contribution in [1.29, 1.82) is 0 Å². The van der Waals surface area contributed by atoms with E-state index in [0.717, 1.165) is 45.1 Å². The molecule has 3 heterocycles. The van der Waals surface area contributed by atoms with Crippen molar-refractivity contribution < 1.29 is 33.3 Å². The van der Waals surface area contributed by atoms with E-state index in [2.05, 4.69) is 171 Å². The van der Waals surface area contributed by atoms with E-state index in [4.69, 9.17) is 9.72 Å². The highest BCUT2D eigenvalue weighted by molar-refractivity contribution is 6.16. The van der Waals surface area contributed by atoms with E-state index in [-0.39, 0.29) is 29.4 Å². The summed E-state index contributed by atoms with van der Waals surface area (Å²) < 4.78 is 13.5. The highest BCUT2D eigenvalue weighted by Gasteiger charge is 2.22. The number of ether oxygens (including phenoxy) is 1. The lowest BCUT2D eigenvalue weighted by Crippen LogP contribution is -3.00. The molecule has 0 radical (unpaired) electrons. The molecule has 0 bridgehead atoms. The molecule has 6 heteroatoms. The van der Waals surface area contributed by atoms with Crippen molar-refractivity contribution in [3.8, 4) is 34.1 Å². The first-order valence-electron chi connectivity index (χ1n) is 16.5. The molecule has 5 nitrogen and oxygen atoms in total. The minimum absolute atomic E-state index is 0. The maximum atomic E-state index is 6.82. The minimum atomic E-state index is -0.0126. The summed E-state index contributed by atoms with van der Waals surface area (Å²) in [6.07, 6.45) is 4.05. The Balaban J connectivity index is 0.00000378. The summed E-state index contributed by atoms with van der Waals surface area (Å²) in [6, 6.07) is 40.7. The van der Waals surface area contributed by atoms with Crippen molar-refractivity contribution in [3.05, 3.63) is 144 Å². The number of nitrogens with zero attached hydrogens (tertiary/aromatic N) is 4. The van der Waals surface area contributed by atoms with Crippen LogP contribution in [0.4, 0.5) is 0 Å². The average Bonchev–Trinajstić information content (AvgIpc) is 3.59. The van der Waals surface area contributed by atoms with E-state index in [1.807, 2.05) is 12.3 Å². The topological polar surface area (TPSA) is 35.9 Å². The first kappa shape index (κ1) is 32.6. The predicted molar refractivity (Wildman–Crippen MR) is 197 cm³/mol. The van der Waals surface area contributed by atoms with Gasteiger partial charge in [-0.3, -0.25) is 4.57 Å². The molecule has 3 aromatic heterocycles. The van der Waals surface area contributed by atoms with Crippen LogP contribution in [-0.2, 0) is 12.5 Å². The Bertz CT molecular complexity index is 2500. The third-order valence-electron chi connectivity index (χ3n) is 9.48. The van der Waals surface area contributed by atoms with Gasteiger partial charge in [-0.1, -0.05) is 75.4 Å². The zero-order valence-corrected chi connectivity index (χ0v) is 30.9. The molecule has 0 N–H and O–H groups in total. The van der Waals surface area contributed by atoms with Crippen LogP contribution in [0.2, 0.25) is 0 Å². The third kappa shape index (κ3) is 5.68. The van der Waals surface area contributed by atoms with Crippen molar-refractivity contribution >= 4 is 32.8 Å². The lowest BCUT2D eigenvalue weighted by Gasteiger charge is -2.20. The molecule has 0 aliphatic rings. The van der Waals surface area contributed by atoms with Crippen LogP contribution in [0.3, 0.4) is 0 Å². The van der Waals surface area contributed by atoms with Gasteiger partial charge >= 0.3 is 0 Å². The second kappa shape index (κ2) is 12.5. The number of rotatable bonds is 5. The number of imidazole rings is 1. The van der Waals surface area contributed by atoms with Gasteiger partial charge in [0.2, 0.25) is 6.33 Å². The Kier molecular flexibility index (Phi) is 8.31. The summed E-state index contributed by atoms with van der Waals surface area (Å²) in [5.41, 5.74) is 11.6. The maximum Gasteiger partial charge on any atom is 0.249 e. The summed E-state index contributed by atoms with van der Waals surface area (Å²) in [6.45, 7) is 11.1. The molecule has 0 fully saturated rings. The fourth-order valence-electron chi connectivity index (χ4n) is 7.12. The lowest BCUT2D eigenvalue weighted by molar-refractivity contribution is -0.645. The van der Waals surface area contributed by atoms with Crippen LogP contribution in [0.5, 0.6) is 11.5 Å². The molecule has 49 heavy (non-hydrogen) atoms. The number of halogens is 1. The Morgan fingerprint density at radius 2 is 1.41 bits per heavy atom. The summed E-state index contributed by atoms with van der Waals surface area (Å²) in [7, 11) is 2.08. The van der Waals surface area contributed by atoms with Crippen LogP contribution in [-0.4, -0.2) is 14.1 Å². The lowest BCUT2D eigenvalue weighted by atomic mass is 9.88. The quantitative estimate of drug-likeness (QED) is 0.137.